The quantitative estimate of drug-likeness (QED) is 0.516. The number of piperidine rings is 1. The van der Waals surface area contributed by atoms with E-state index in [2.05, 4.69) is 15.9 Å². The average Bonchev–Trinajstić information content (AvgIpc) is 2.53. The molecule has 0 aromatic rings. The monoisotopic (exact) mass is 330 g/mol. The van der Waals surface area contributed by atoms with Crippen molar-refractivity contribution in [1.29, 1.82) is 0 Å². The highest BCUT2D eigenvalue weighted by molar-refractivity contribution is 9.09. The van der Waals surface area contributed by atoms with Crippen LogP contribution in [0.3, 0.4) is 0 Å². The van der Waals surface area contributed by atoms with Crippen molar-refractivity contribution in [3.63, 3.8) is 0 Å². The molecule has 0 unspecified atom stereocenters. The lowest BCUT2D eigenvalue weighted by molar-refractivity contribution is -0.798. The van der Waals surface area contributed by atoms with Crippen LogP contribution in [0, 0.1) is 5.92 Å². The van der Waals surface area contributed by atoms with E-state index < -0.39 is 47.3 Å². The van der Waals surface area contributed by atoms with Gasteiger partial charge in [-0.2, -0.15) is 26.3 Å². The van der Waals surface area contributed by atoms with Crippen molar-refractivity contribution >= 4 is 15.9 Å². The second-order valence-electron chi connectivity index (χ2n) is 4.41. The first-order valence-corrected chi connectivity index (χ1v) is 5.71. The third-order valence-corrected chi connectivity index (χ3v) is 4.88. The number of fused-ring (bicyclic) bond motifs is 2. The van der Waals surface area contributed by atoms with Crippen LogP contribution in [0.1, 0.15) is 6.42 Å². The molecule has 4 atom stereocenters. The summed E-state index contributed by atoms with van der Waals surface area (Å²) in [5, 5.41) is 0.102. The lowest BCUT2D eigenvalue weighted by Gasteiger charge is -2.37. The Morgan fingerprint density at radius 1 is 1.06 bits per heavy atom. The van der Waals surface area contributed by atoms with Crippen molar-refractivity contribution in [2.24, 2.45) is 5.92 Å². The fourth-order valence-electron chi connectivity index (χ4n) is 2.83. The molecule has 17 heavy (non-hydrogen) atoms. The van der Waals surface area contributed by atoms with Crippen LogP contribution in [0.4, 0.5) is 30.7 Å². The summed E-state index contributed by atoms with van der Waals surface area (Å²) in [6.45, 7) is 0. The molecule has 2 rings (SSSR count). The van der Waals surface area contributed by atoms with Crippen LogP contribution in [-0.4, -0.2) is 34.9 Å². The summed E-state index contributed by atoms with van der Waals surface area (Å²) in [6.07, 6.45) is -13.2. The van der Waals surface area contributed by atoms with E-state index in [9.17, 15) is 30.7 Å². The Bertz CT molecular complexity index is 311. The number of alkyl halides is 8. The first kappa shape index (κ1) is 13.4. The Hall–Kier alpha value is -0.0500. The van der Waals surface area contributed by atoms with E-state index in [0.29, 0.717) is 0 Å². The van der Waals surface area contributed by atoms with Gasteiger partial charge in [0.25, 0.3) is 5.54 Å². The summed E-state index contributed by atoms with van der Waals surface area (Å²) >= 11 is 2.76. The number of rotatable bonds is 0. The van der Waals surface area contributed by atoms with Crippen molar-refractivity contribution in [2.75, 3.05) is 0 Å². The van der Waals surface area contributed by atoms with Gasteiger partial charge in [0.2, 0.25) is 0 Å². The van der Waals surface area contributed by atoms with Crippen LogP contribution in [0.15, 0.2) is 0 Å². The zero-order valence-corrected chi connectivity index (χ0v) is 9.70. The standard InChI is InChI=1S/C8H7BrF7N/c9-4-2-1-3(10)5(4)17-6(2,7(11,12)13)8(14,15)16/h2-5,17H,1H2/p+1/t2-,3+,4-,5+/m0/s1. The van der Waals surface area contributed by atoms with Gasteiger partial charge < -0.3 is 5.32 Å². The van der Waals surface area contributed by atoms with E-state index in [4.69, 9.17) is 0 Å². The number of hydrogen-bond acceptors (Lipinski definition) is 0. The van der Waals surface area contributed by atoms with Crippen LogP contribution >= 0.6 is 15.9 Å². The van der Waals surface area contributed by atoms with Crippen LogP contribution in [0.2, 0.25) is 0 Å². The lowest BCUT2D eigenvalue weighted by atomic mass is 9.82. The maximum Gasteiger partial charge on any atom is 0.454 e. The SMILES string of the molecule is F[C@@H]1C[C@H]2[C@H](Br)[C@@H]1[NH2+]C2(C(F)(F)F)C(F)(F)F. The van der Waals surface area contributed by atoms with Gasteiger partial charge in [0.1, 0.15) is 6.04 Å². The molecule has 2 aliphatic rings. The van der Waals surface area contributed by atoms with Crippen LogP contribution in [-0.2, 0) is 0 Å². The Balaban J connectivity index is 2.48. The molecule has 1 aliphatic carbocycles. The molecular weight excluding hydrogens is 323 g/mol. The van der Waals surface area contributed by atoms with Crippen molar-refractivity contribution in [1.82, 2.24) is 0 Å². The maximum absolute atomic E-state index is 13.2. The second kappa shape index (κ2) is 3.49. The fraction of sp³-hybridized carbons (Fsp3) is 1.00. The average molecular weight is 331 g/mol. The van der Waals surface area contributed by atoms with Gasteiger partial charge in [0, 0.05) is 0 Å². The number of halogens is 8. The summed E-state index contributed by atoms with van der Waals surface area (Å²) in [6, 6.07) is -1.33. The maximum atomic E-state index is 13.2. The molecule has 2 fully saturated rings. The molecule has 0 spiro atoms. The normalized spacial score (nSPS) is 40.9. The largest absolute Gasteiger partial charge is 0.454 e. The highest BCUT2D eigenvalue weighted by Gasteiger charge is 2.85. The molecule has 1 saturated carbocycles. The van der Waals surface area contributed by atoms with Crippen molar-refractivity contribution in [2.45, 2.75) is 41.4 Å². The van der Waals surface area contributed by atoms with Crippen molar-refractivity contribution in [3.8, 4) is 0 Å². The molecule has 1 nitrogen and oxygen atoms in total. The van der Waals surface area contributed by atoms with E-state index in [0.717, 1.165) is 0 Å². The predicted octanol–water partition coefficient (Wildman–Crippen LogP) is 1.92. The Labute approximate surface area is 99.9 Å². The molecule has 100 valence electrons. The van der Waals surface area contributed by atoms with Gasteiger partial charge in [-0.25, -0.2) is 4.39 Å². The number of nitrogens with two attached hydrogens (primary N) is 1. The minimum atomic E-state index is -5.45. The molecular formula is C8H8BrF7N+. The Morgan fingerprint density at radius 2 is 1.53 bits per heavy atom. The molecule has 1 heterocycles. The van der Waals surface area contributed by atoms with E-state index in [-0.39, 0.29) is 5.32 Å². The first-order chi connectivity index (χ1) is 7.52. The fourth-order valence-corrected chi connectivity index (χ4v) is 3.94. The third kappa shape index (κ3) is 1.54. The molecule has 2 bridgehead atoms. The topological polar surface area (TPSA) is 16.6 Å². The number of hydrogen-bond donors (Lipinski definition) is 1. The van der Waals surface area contributed by atoms with E-state index in [1.54, 1.807) is 0 Å². The first-order valence-electron chi connectivity index (χ1n) is 4.80. The molecule has 9 heteroatoms. The van der Waals surface area contributed by atoms with E-state index in [1.165, 1.54) is 0 Å². The summed E-state index contributed by atoms with van der Waals surface area (Å²) in [4.78, 5) is -1.11. The lowest BCUT2D eigenvalue weighted by Crippen LogP contribution is -3.07. The molecule has 1 aliphatic heterocycles. The Kier molecular flexibility index (Phi) is 2.75. The smallest absolute Gasteiger partial charge is 0.320 e. The summed E-state index contributed by atoms with van der Waals surface area (Å²) in [7, 11) is 0. The molecule has 2 N–H and O–H groups in total. The number of quaternary nitrogens is 1. The van der Waals surface area contributed by atoms with Gasteiger partial charge >= 0.3 is 12.4 Å². The molecule has 0 amide bonds. The van der Waals surface area contributed by atoms with Gasteiger partial charge in [-0.1, -0.05) is 15.9 Å². The van der Waals surface area contributed by atoms with Gasteiger partial charge in [0.05, 0.1) is 10.7 Å². The zero-order chi connectivity index (χ0) is 13.2. The molecule has 0 aromatic heterocycles. The highest BCUT2D eigenvalue weighted by Crippen LogP contribution is 2.55. The van der Waals surface area contributed by atoms with Gasteiger partial charge in [0.15, 0.2) is 6.17 Å². The van der Waals surface area contributed by atoms with Crippen LogP contribution in [0.5, 0.6) is 0 Å². The summed E-state index contributed by atoms with van der Waals surface area (Å²) in [5.41, 5.74) is -3.87. The third-order valence-electron chi connectivity index (χ3n) is 3.63. The molecule has 1 saturated heterocycles. The van der Waals surface area contributed by atoms with Crippen molar-refractivity contribution < 1.29 is 36.0 Å². The Morgan fingerprint density at radius 3 is 1.76 bits per heavy atom. The molecule has 0 aromatic carbocycles. The van der Waals surface area contributed by atoms with Crippen LogP contribution < -0.4 is 5.32 Å². The van der Waals surface area contributed by atoms with E-state index >= 15 is 0 Å². The van der Waals surface area contributed by atoms with E-state index in [1.807, 2.05) is 0 Å². The summed E-state index contributed by atoms with van der Waals surface area (Å²) < 4.78 is 89.8. The molecule has 0 radical (unpaired) electrons. The predicted molar refractivity (Wildman–Crippen MR) is 46.3 cm³/mol. The van der Waals surface area contributed by atoms with Gasteiger partial charge in [-0.05, 0) is 6.42 Å². The van der Waals surface area contributed by atoms with Gasteiger partial charge in [-0.15, -0.1) is 0 Å². The van der Waals surface area contributed by atoms with Crippen LogP contribution in [0.25, 0.3) is 0 Å². The zero-order valence-electron chi connectivity index (χ0n) is 8.12. The minimum Gasteiger partial charge on any atom is -0.320 e. The second-order valence-corrected chi connectivity index (χ2v) is 5.47. The van der Waals surface area contributed by atoms with Gasteiger partial charge in [-0.3, -0.25) is 0 Å². The summed E-state index contributed by atoms with van der Waals surface area (Å²) in [5.74, 6) is -1.82. The highest BCUT2D eigenvalue weighted by atomic mass is 79.9. The van der Waals surface area contributed by atoms with Crippen molar-refractivity contribution in [3.05, 3.63) is 0 Å². The minimum absolute atomic E-state index is 0.102.